The molecule has 3 nitrogen and oxygen atoms in total. The molecule has 0 N–H and O–H groups in total. The number of ether oxygens (including phenoxy) is 1. The summed E-state index contributed by atoms with van der Waals surface area (Å²) >= 11 is 0. The van der Waals surface area contributed by atoms with E-state index in [0.717, 1.165) is 12.1 Å². The van der Waals surface area contributed by atoms with Gasteiger partial charge >= 0.3 is 0 Å². The molecule has 0 bridgehead atoms. The van der Waals surface area contributed by atoms with Gasteiger partial charge in [-0.1, -0.05) is 6.92 Å². The molecule has 0 spiro atoms. The van der Waals surface area contributed by atoms with Crippen LogP contribution in [-0.2, 0) is 9.53 Å². The van der Waals surface area contributed by atoms with Crippen molar-refractivity contribution in [3.8, 4) is 0 Å². The maximum atomic E-state index is 11.3. The Hall–Kier alpha value is -0.700. The maximum absolute atomic E-state index is 11.3. The van der Waals surface area contributed by atoms with E-state index in [2.05, 4.69) is 4.99 Å². The fourth-order valence-corrected chi connectivity index (χ4v) is 1.45. The van der Waals surface area contributed by atoms with Crippen LogP contribution in [0.25, 0.3) is 0 Å². The number of carbonyl (C=O) groups is 1. The van der Waals surface area contributed by atoms with Crippen molar-refractivity contribution in [2.24, 2.45) is 10.9 Å². The molecular formula is C10H19NO2. The molecule has 0 rings (SSSR count). The smallest absolute Gasteiger partial charge is 0.138 e. The van der Waals surface area contributed by atoms with Crippen LogP contribution >= 0.6 is 0 Å². The third kappa shape index (κ3) is 3.27. The Morgan fingerprint density at radius 2 is 2.08 bits per heavy atom. The number of aliphatic imine (C=N–C) groups is 1. The molecule has 3 heteroatoms. The Labute approximate surface area is 80.2 Å². The first-order valence-electron chi connectivity index (χ1n) is 4.58. The second kappa shape index (κ2) is 5.86. The molecule has 0 saturated carbocycles. The van der Waals surface area contributed by atoms with Gasteiger partial charge in [0.1, 0.15) is 5.78 Å². The van der Waals surface area contributed by atoms with Gasteiger partial charge in [0.15, 0.2) is 0 Å². The highest BCUT2D eigenvalue weighted by Crippen LogP contribution is 2.11. The number of hydrogen-bond acceptors (Lipinski definition) is 3. The van der Waals surface area contributed by atoms with Gasteiger partial charge in [0.2, 0.25) is 0 Å². The largest absolute Gasteiger partial charge is 0.376 e. The van der Waals surface area contributed by atoms with E-state index in [0.29, 0.717) is 0 Å². The molecule has 0 aliphatic heterocycles. The minimum Gasteiger partial charge on any atom is -0.376 e. The highest BCUT2D eigenvalue weighted by molar-refractivity contribution is 6.06. The summed E-state index contributed by atoms with van der Waals surface area (Å²) in [6, 6.07) is 0. The molecule has 0 aromatic carbocycles. The lowest BCUT2D eigenvalue weighted by Gasteiger charge is -2.19. The van der Waals surface area contributed by atoms with Crippen LogP contribution in [0.15, 0.2) is 4.99 Å². The molecule has 13 heavy (non-hydrogen) atoms. The number of carbonyl (C=O) groups excluding carboxylic acids is 1. The second-order valence-electron chi connectivity index (χ2n) is 3.10. The molecule has 0 amide bonds. The van der Waals surface area contributed by atoms with E-state index in [1.807, 2.05) is 13.8 Å². The van der Waals surface area contributed by atoms with Gasteiger partial charge in [-0.2, -0.15) is 0 Å². The molecular weight excluding hydrogens is 166 g/mol. The van der Waals surface area contributed by atoms with Gasteiger partial charge < -0.3 is 4.74 Å². The van der Waals surface area contributed by atoms with Crippen molar-refractivity contribution in [2.75, 3.05) is 14.2 Å². The number of rotatable bonds is 5. The molecule has 0 radical (unpaired) electrons. The van der Waals surface area contributed by atoms with Crippen LogP contribution in [0.1, 0.15) is 27.2 Å². The van der Waals surface area contributed by atoms with E-state index >= 15 is 0 Å². The molecule has 0 fully saturated rings. The minimum atomic E-state index is -0.0834. The summed E-state index contributed by atoms with van der Waals surface area (Å²) in [5.41, 5.74) is 0.845. The summed E-state index contributed by atoms with van der Waals surface area (Å²) in [7, 11) is 3.33. The van der Waals surface area contributed by atoms with Crippen molar-refractivity contribution in [2.45, 2.75) is 33.3 Å². The summed E-state index contributed by atoms with van der Waals surface area (Å²) in [4.78, 5) is 15.4. The van der Waals surface area contributed by atoms with Gasteiger partial charge in [-0.05, 0) is 20.3 Å². The van der Waals surface area contributed by atoms with Crippen molar-refractivity contribution >= 4 is 11.5 Å². The van der Waals surface area contributed by atoms with Gasteiger partial charge in [-0.25, -0.2) is 0 Å². The molecule has 0 heterocycles. The first-order valence-corrected chi connectivity index (χ1v) is 4.58. The predicted octanol–water partition coefficient (Wildman–Crippen LogP) is 1.71. The Bertz CT molecular complexity index is 199. The Kier molecular flexibility index (Phi) is 5.55. The van der Waals surface area contributed by atoms with E-state index in [4.69, 9.17) is 4.74 Å². The van der Waals surface area contributed by atoms with Crippen LogP contribution in [0.3, 0.4) is 0 Å². The fourth-order valence-electron chi connectivity index (χ4n) is 1.45. The van der Waals surface area contributed by atoms with Crippen LogP contribution in [0, 0.1) is 5.92 Å². The average Bonchev–Trinajstić information content (AvgIpc) is 2.12. The summed E-state index contributed by atoms with van der Waals surface area (Å²) in [6.45, 7) is 5.50. The zero-order valence-corrected chi connectivity index (χ0v) is 9.13. The van der Waals surface area contributed by atoms with Gasteiger partial charge in [-0.3, -0.25) is 9.79 Å². The van der Waals surface area contributed by atoms with Gasteiger partial charge in [0.05, 0.1) is 17.7 Å². The van der Waals surface area contributed by atoms with Crippen LogP contribution in [-0.4, -0.2) is 31.8 Å². The van der Waals surface area contributed by atoms with Gasteiger partial charge in [0, 0.05) is 14.2 Å². The second-order valence-corrected chi connectivity index (χ2v) is 3.10. The van der Waals surface area contributed by atoms with Crippen molar-refractivity contribution in [1.29, 1.82) is 0 Å². The van der Waals surface area contributed by atoms with Crippen molar-refractivity contribution in [3.63, 3.8) is 0 Å². The molecule has 0 aromatic heterocycles. The van der Waals surface area contributed by atoms with Gasteiger partial charge in [0.25, 0.3) is 0 Å². The molecule has 76 valence electrons. The van der Waals surface area contributed by atoms with Crippen LogP contribution in [0.4, 0.5) is 0 Å². The lowest BCUT2D eigenvalue weighted by Crippen LogP contribution is -2.31. The highest BCUT2D eigenvalue weighted by atomic mass is 16.5. The zero-order chi connectivity index (χ0) is 10.4. The van der Waals surface area contributed by atoms with E-state index < -0.39 is 0 Å². The average molecular weight is 185 g/mol. The number of Topliss-reactive ketones (excluding diaryl/α,β-unsaturated/α-hetero) is 1. The number of nitrogens with zero attached hydrogens (tertiary/aromatic N) is 1. The van der Waals surface area contributed by atoms with Crippen molar-refractivity contribution in [1.82, 2.24) is 0 Å². The summed E-state index contributed by atoms with van der Waals surface area (Å²) in [5, 5.41) is 0. The topological polar surface area (TPSA) is 38.7 Å². The lowest BCUT2D eigenvalue weighted by atomic mass is 9.93. The third-order valence-electron chi connectivity index (χ3n) is 2.28. The minimum absolute atomic E-state index is 0.0705. The molecule has 2 atom stereocenters. The first-order chi connectivity index (χ1) is 6.08. The summed E-state index contributed by atoms with van der Waals surface area (Å²) in [5.74, 6) is 0.0759. The quantitative estimate of drug-likeness (QED) is 0.611. The molecule has 0 saturated heterocycles. The zero-order valence-electron chi connectivity index (χ0n) is 9.13. The van der Waals surface area contributed by atoms with Crippen LogP contribution in [0.2, 0.25) is 0 Å². The number of ketones is 1. The maximum Gasteiger partial charge on any atom is 0.138 e. The summed E-state index contributed by atoms with van der Waals surface area (Å²) < 4.78 is 5.15. The molecule has 0 aromatic rings. The van der Waals surface area contributed by atoms with Gasteiger partial charge in [-0.15, -0.1) is 0 Å². The Morgan fingerprint density at radius 3 is 2.31 bits per heavy atom. The summed E-state index contributed by atoms with van der Waals surface area (Å²) in [6.07, 6.45) is 0.717. The van der Waals surface area contributed by atoms with Crippen molar-refractivity contribution in [3.05, 3.63) is 0 Å². The Morgan fingerprint density at radius 1 is 1.54 bits per heavy atom. The van der Waals surface area contributed by atoms with Crippen LogP contribution in [0.5, 0.6) is 0 Å². The van der Waals surface area contributed by atoms with E-state index in [1.54, 1.807) is 21.1 Å². The molecule has 0 aliphatic rings. The molecule has 2 unspecified atom stereocenters. The predicted molar refractivity (Wildman–Crippen MR) is 54.3 cm³/mol. The number of methoxy groups -OCH3 is 1. The van der Waals surface area contributed by atoms with E-state index in [9.17, 15) is 4.79 Å². The SMILES string of the molecule is CCC(C(C)=O)/C(=N/C)C(C)OC. The van der Waals surface area contributed by atoms with E-state index in [1.165, 1.54) is 0 Å². The number of hydrogen-bond donors (Lipinski definition) is 0. The normalized spacial score (nSPS) is 16.8. The fraction of sp³-hybridized carbons (Fsp3) is 0.800. The lowest BCUT2D eigenvalue weighted by molar-refractivity contribution is -0.119. The first kappa shape index (κ1) is 12.3. The Balaban J connectivity index is 4.64. The van der Waals surface area contributed by atoms with E-state index in [-0.39, 0.29) is 17.8 Å². The standard InChI is InChI=1S/C10H19NO2/c1-6-9(7(2)12)10(11-4)8(3)13-5/h8-9H,6H2,1-5H3/b11-10+. The molecule has 0 aliphatic carbocycles. The van der Waals surface area contributed by atoms with Crippen molar-refractivity contribution < 1.29 is 9.53 Å². The third-order valence-corrected chi connectivity index (χ3v) is 2.28. The highest BCUT2D eigenvalue weighted by Gasteiger charge is 2.22. The monoisotopic (exact) mass is 185 g/mol. The van der Waals surface area contributed by atoms with Crippen LogP contribution < -0.4 is 0 Å².